The molecular formula is C20H18F3N7O2S. The Labute approximate surface area is 188 Å². The van der Waals surface area contributed by atoms with E-state index in [0.717, 1.165) is 16.6 Å². The number of fused-ring (bicyclic) bond motifs is 1. The van der Waals surface area contributed by atoms with Crippen LogP contribution in [0.2, 0.25) is 0 Å². The molecule has 2 aromatic carbocycles. The molecule has 9 nitrogen and oxygen atoms in total. The smallest absolute Gasteiger partial charge is 0.339 e. The van der Waals surface area contributed by atoms with Crippen LogP contribution in [-0.4, -0.2) is 28.9 Å². The highest BCUT2D eigenvalue weighted by Gasteiger charge is 2.35. The number of aromatic amines is 1. The summed E-state index contributed by atoms with van der Waals surface area (Å²) >= 11 is -2.27. The normalized spacial score (nSPS) is 12.6. The Bertz CT molecular complexity index is 1330. The third-order valence-electron chi connectivity index (χ3n) is 4.75. The molecule has 0 bridgehead atoms. The van der Waals surface area contributed by atoms with Crippen molar-refractivity contribution in [3.63, 3.8) is 0 Å². The standard InChI is InChI=1S/C20H18F3N7O2S/c1-11-14-8-13(6-7-17(14)30-29-11)26-19-24-10-15(20(21,22)23)18(28-19)27-16-5-3-2-4-12(16)9-25-33(31)32/h2-8,10,25H,9H2,1H3,(H,29,30)(H,31,32)(H2,24,26,27,28). The van der Waals surface area contributed by atoms with Gasteiger partial charge in [0, 0.05) is 35.2 Å². The van der Waals surface area contributed by atoms with Gasteiger partial charge in [-0.05, 0) is 36.8 Å². The Balaban J connectivity index is 1.67. The summed E-state index contributed by atoms with van der Waals surface area (Å²) in [5.74, 6) is -0.504. The van der Waals surface area contributed by atoms with Gasteiger partial charge in [0.15, 0.2) is 0 Å². The van der Waals surface area contributed by atoms with E-state index in [-0.39, 0.29) is 12.5 Å². The maximum absolute atomic E-state index is 13.6. The minimum Gasteiger partial charge on any atom is -0.339 e. The van der Waals surface area contributed by atoms with E-state index in [0.29, 0.717) is 23.1 Å². The van der Waals surface area contributed by atoms with Crippen molar-refractivity contribution in [3.05, 3.63) is 65.5 Å². The number of anilines is 4. The number of benzene rings is 2. The first-order valence-electron chi connectivity index (χ1n) is 9.56. The van der Waals surface area contributed by atoms with Crippen molar-refractivity contribution in [3.8, 4) is 0 Å². The number of nitrogens with one attached hydrogen (secondary N) is 4. The lowest BCUT2D eigenvalue weighted by Crippen LogP contribution is -2.17. The molecule has 172 valence electrons. The number of halogens is 3. The van der Waals surface area contributed by atoms with Crippen LogP contribution in [0.5, 0.6) is 0 Å². The Hall–Kier alpha value is -3.55. The number of para-hydroxylation sites is 1. The van der Waals surface area contributed by atoms with Gasteiger partial charge < -0.3 is 10.6 Å². The van der Waals surface area contributed by atoms with E-state index in [9.17, 15) is 17.4 Å². The van der Waals surface area contributed by atoms with Crippen LogP contribution in [-0.2, 0) is 24.0 Å². The molecule has 0 saturated heterocycles. The van der Waals surface area contributed by atoms with Crippen molar-refractivity contribution in [2.45, 2.75) is 19.6 Å². The van der Waals surface area contributed by atoms with E-state index in [1.165, 1.54) is 0 Å². The highest BCUT2D eigenvalue weighted by Crippen LogP contribution is 2.36. The van der Waals surface area contributed by atoms with E-state index >= 15 is 0 Å². The minimum atomic E-state index is -4.70. The summed E-state index contributed by atoms with van der Waals surface area (Å²) < 4.78 is 63.0. The molecule has 0 aliphatic carbocycles. The highest BCUT2D eigenvalue weighted by molar-refractivity contribution is 7.77. The molecule has 4 rings (SSSR count). The maximum Gasteiger partial charge on any atom is 0.421 e. The van der Waals surface area contributed by atoms with Crippen LogP contribution in [0.4, 0.5) is 36.3 Å². The molecule has 13 heteroatoms. The van der Waals surface area contributed by atoms with Crippen molar-refractivity contribution < 1.29 is 21.9 Å². The monoisotopic (exact) mass is 477 g/mol. The van der Waals surface area contributed by atoms with Crippen LogP contribution in [0.15, 0.2) is 48.7 Å². The average Bonchev–Trinajstić information content (AvgIpc) is 3.12. The van der Waals surface area contributed by atoms with Crippen molar-refractivity contribution in [2.24, 2.45) is 0 Å². The summed E-state index contributed by atoms with van der Waals surface area (Å²) in [6, 6.07) is 11.7. The number of alkyl halides is 3. The number of nitrogens with zero attached hydrogens (tertiary/aromatic N) is 3. The maximum atomic E-state index is 13.6. The number of hydrogen-bond donors (Lipinski definition) is 5. The Morgan fingerprint density at radius 3 is 2.70 bits per heavy atom. The van der Waals surface area contributed by atoms with Crippen LogP contribution >= 0.6 is 0 Å². The van der Waals surface area contributed by atoms with Crippen LogP contribution in [0.3, 0.4) is 0 Å². The van der Waals surface area contributed by atoms with Crippen LogP contribution in [0, 0.1) is 6.92 Å². The lowest BCUT2D eigenvalue weighted by Gasteiger charge is -2.17. The highest BCUT2D eigenvalue weighted by atomic mass is 32.2. The summed E-state index contributed by atoms with van der Waals surface area (Å²) in [5.41, 5.74) is 1.89. The number of hydrogen-bond acceptors (Lipinski definition) is 6. The molecule has 0 spiro atoms. The molecule has 5 N–H and O–H groups in total. The van der Waals surface area contributed by atoms with E-state index in [1.807, 2.05) is 6.92 Å². The first-order valence-corrected chi connectivity index (χ1v) is 10.7. The summed E-state index contributed by atoms with van der Waals surface area (Å²) in [6.07, 6.45) is -4.00. The van der Waals surface area contributed by atoms with E-state index in [1.54, 1.807) is 42.5 Å². The lowest BCUT2D eigenvalue weighted by atomic mass is 10.1. The van der Waals surface area contributed by atoms with Crippen LogP contribution < -0.4 is 15.4 Å². The van der Waals surface area contributed by atoms with Crippen LogP contribution in [0.1, 0.15) is 16.8 Å². The van der Waals surface area contributed by atoms with Crippen LogP contribution in [0.25, 0.3) is 10.9 Å². The van der Waals surface area contributed by atoms with Gasteiger partial charge >= 0.3 is 6.18 Å². The molecule has 0 saturated carbocycles. The molecule has 2 aromatic heterocycles. The molecule has 4 aromatic rings. The predicted molar refractivity (Wildman–Crippen MR) is 118 cm³/mol. The molecule has 0 amide bonds. The second kappa shape index (κ2) is 9.13. The second-order valence-electron chi connectivity index (χ2n) is 7.01. The molecule has 1 unspecified atom stereocenters. The zero-order valence-corrected chi connectivity index (χ0v) is 17.9. The van der Waals surface area contributed by atoms with Gasteiger partial charge in [-0.3, -0.25) is 9.65 Å². The fourth-order valence-corrected chi connectivity index (χ4v) is 3.43. The van der Waals surface area contributed by atoms with Gasteiger partial charge in [0.25, 0.3) is 0 Å². The van der Waals surface area contributed by atoms with Gasteiger partial charge in [-0.15, -0.1) is 0 Å². The quantitative estimate of drug-likeness (QED) is 0.250. The zero-order chi connectivity index (χ0) is 23.6. The van der Waals surface area contributed by atoms with E-state index in [4.69, 9.17) is 4.55 Å². The summed E-state index contributed by atoms with van der Waals surface area (Å²) in [7, 11) is 0. The first kappa shape index (κ1) is 22.6. The average molecular weight is 477 g/mol. The molecule has 0 aliphatic rings. The molecule has 33 heavy (non-hydrogen) atoms. The Morgan fingerprint density at radius 1 is 1.15 bits per heavy atom. The molecular weight excluding hydrogens is 459 g/mol. The van der Waals surface area contributed by atoms with Gasteiger partial charge in [-0.1, -0.05) is 18.2 Å². The number of H-pyrrole nitrogens is 1. The van der Waals surface area contributed by atoms with Crippen molar-refractivity contribution >= 4 is 45.3 Å². The topological polar surface area (TPSA) is 128 Å². The molecule has 0 aliphatic heterocycles. The second-order valence-corrected chi connectivity index (χ2v) is 7.80. The summed E-state index contributed by atoms with van der Waals surface area (Å²) in [4.78, 5) is 7.87. The Morgan fingerprint density at radius 2 is 1.94 bits per heavy atom. The summed E-state index contributed by atoms with van der Waals surface area (Å²) in [6.45, 7) is 1.81. The Kier molecular flexibility index (Phi) is 6.26. The summed E-state index contributed by atoms with van der Waals surface area (Å²) in [5, 5.41) is 13.5. The van der Waals surface area contributed by atoms with Gasteiger partial charge in [-0.25, -0.2) is 13.9 Å². The molecule has 0 fully saturated rings. The number of rotatable bonds is 7. The minimum absolute atomic E-state index is 0.0435. The molecule has 0 radical (unpaired) electrons. The van der Waals surface area contributed by atoms with Gasteiger partial charge in [0.2, 0.25) is 17.2 Å². The van der Waals surface area contributed by atoms with E-state index in [2.05, 4.69) is 35.5 Å². The first-order chi connectivity index (χ1) is 15.7. The van der Waals surface area contributed by atoms with Gasteiger partial charge in [0.05, 0.1) is 5.52 Å². The van der Waals surface area contributed by atoms with Gasteiger partial charge in [0.1, 0.15) is 11.4 Å². The largest absolute Gasteiger partial charge is 0.421 e. The number of aryl methyl sites for hydroxylation is 1. The van der Waals surface area contributed by atoms with Crippen molar-refractivity contribution in [2.75, 3.05) is 10.6 Å². The SMILES string of the molecule is Cc1[nH]nc2ccc(Nc3ncc(C(F)(F)F)c(Nc4ccccc4CNS(=O)O)n3)cc12. The predicted octanol–water partition coefficient (Wildman–Crippen LogP) is 4.39. The lowest BCUT2D eigenvalue weighted by molar-refractivity contribution is -0.137. The van der Waals surface area contributed by atoms with Crippen molar-refractivity contribution in [1.82, 2.24) is 24.9 Å². The van der Waals surface area contributed by atoms with Gasteiger partial charge in [-0.2, -0.15) is 23.3 Å². The zero-order valence-electron chi connectivity index (χ0n) is 17.1. The third-order valence-corrected chi connectivity index (χ3v) is 5.14. The third kappa shape index (κ3) is 5.27. The fraction of sp³-hybridized carbons (Fsp3) is 0.150. The van der Waals surface area contributed by atoms with E-state index < -0.39 is 28.8 Å². The van der Waals surface area contributed by atoms with Crippen molar-refractivity contribution in [1.29, 1.82) is 0 Å². The fourth-order valence-electron chi connectivity index (χ4n) is 3.15. The molecule has 2 heterocycles. The number of aromatic nitrogens is 4. The molecule has 1 atom stereocenters.